The first-order valence-corrected chi connectivity index (χ1v) is 10.0. The molecule has 0 saturated heterocycles. The van der Waals surface area contributed by atoms with E-state index in [1.165, 1.54) is 12.1 Å². The molecule has 0 saturated carbocycles. The number of esters is 1. The van der Waals surface area contributed by atoms with Crippen LogP contribution in [0.3, 0.4) is 0 Å². The normalized spacial score (nSPS) is 11.0. The highest BCUT2D eigenvalue weighted by Gasteiger charge is 2.13. The molecule has 0 unspecified atom stereocenters. The highest BCUT2D eigenvalue weighted by Crippen LogP contribution is 2.19. The molecule has 7 heteroatoms. The Balaban J connectivity index is 1.93. The molecule has 0 atom stereocenters. The lowest BCUT2D eigenvalue weighted by molar-refractivity contribution is -0.119. The molecule has 26 heavy (non-hydrogen) atoms. The minimum Gasteiger partial charge on any atom is -0.452 e. The molecule has 0 aliphatic carbocycles. The highest BCUT2D eigenvalue weighted by molar-refractivity contribution is 7.89. The molecule has 6 nitrogen and oxygen atoms in total. The lowest BCUT2D eigenvalue weighted by atomic mass is 10.1. The van der Waals surface area contributed by atoms with Crippen molar-refractivity contribution in [2.45, 2.75) is 19.6 Å². The topological polar surface area (TPSA) is 89.5 Å². The summed E-state index contributed by atoms with van der Waals surface area (Å²) in [5.41, 5.74) is 3.38. The van der Waals surface area contributed by atoms with Gasteiger partial charge in [-0.1, -0.05) is 30.3 Å². The lowest BCUT2D eigenvalue weighted by Crippen LogP contribution is -2.21. The van der Waals surface area contributed by atoms with Crippen LogP contribution in [-0.2, 0) is 25.1 Å². The Hall–Kier alpha value is -2.67. The van der Waals surface area contributed by atoms with Gasteiger partial charge < -0.3 is 10.1 Å². The molecule has 1 N–H and O–H groups in total. The molecular formula is C19H21NO5S. The predicted octanol–water partition coefficient (Wildman–Crippen LogP) is 2.64. The number of benzene rings is 2. The van der Waals surface area contributed by atoms with Crippen molar-refractivity contribution in [3.05, 3.63) is 64.7 Å². The van der Waals surface area contributed by atoms with Gasteiger partial charge in [-0.3, -0.25) is 4.79 Å². The summed E-state index contributed by atoms with van der Waals surface area (Å²) in [5, 5.41) is 2.74. The van der Waals surface area contributed by atoms with Crippen molar-refractivity contribution in [1.82, 2.24) is 0 Å². The highest BCUT2D eigenvalue weighted by atomic mass is 32.2. The molecule has 0 heterocycles. The third-order valence-electron chi connectivity index (χ3n) is 3.70. The lowest BCUT2D eigenvalue weighted by Gasteiger charge is -2.11. The van der Waals surface area contributed by atoms with E-state index in [1.807, 2.05) is 32.0 Å². The molecule has 2 rings (SSSR count). The van der Waals surface area contributed by atoms with Gasteiger partial charge in [0.2, 0.25) is 0 Å². The van der Waals surface area contributed by atoms with Crippen molar-refractivity contribution in [1.29, 1.82) is 0 Å². The van der Waals surface area contributed by atoms with Crippen LogP contribution in [0.4, 0.5) is 5.69 Å². The van der Waals surface area contributed by atoms with E-state index in [0.29, 0.717) is 11.3 Å². The first kappa shape index (κ1) is 19.7. The monoisotopic (exact) mass is 375 g/mol. The van der Waals surface area contributed by atoms with Crippen LogP contribution in [-0.4, -0.2) is 33.2 Å². The van der Waals surface area contributed by atoms with E-state index in [1.54, 1.807) is 12.1 Å². The summed E-state index contributed by atoms with van der Waals surface area (Å²) in [7, 11) is -3.14. The number of sulfone groups is 1. The van der Waals surface area contributed by atoms with Crippen molar-refractivity contribution in [3.8, 4) is 0 Å². The fourth-order valence-electron chi connectivity index (χ4n) is 2.44. The van der Waals surface area contributed by atoms with E-state index in [4.69, 9.17) is 4.74 Å². The van der Waals surface area contributed by atoms with E-state index in [2.05, 4.69) is 5.32 Å². The number of hydrogen-bond acceptors (Lipinski definition) is 5. The maximum atomic E-state index is 12.0. The third kappa shape index (κ3) is 5.70. The summed E-state index contributed by atoms with van der Waals surface area (Å²) in [5.74, 6) is -1.17. The largest absolute Gasteiger partial charge is 0.452 e. The molecule has 0 bridgehead atoms. The van der Waals surface area contributed by atoms with Crippen LogP contribution in [0.25, 0.3) is 0 Å². The van der Waals surface area contributed by atoms with Crippen LogP contribution in [0.15, 0.2) is 42.5 Å². The SMILES string of the molecule is Cc1cccc(C)c1NC(=O)COC(=O)c1ccc(CS(C)(=O)=O)cc1. The van der Waals surface area contributed by atoms with Gasteiger partial charge in [0.15, 0.2) is 16.4 Å². The van der Waals surface area contributed by atoms with Crippen LogP contribution in [0.5, 0.6) is 0 Å². The van der Waals surface area contributed by atoms with Gasteiger partial charge in [0.05, 0.1) is 11.3 Å². The molecule has 0 spiro atoms. The second-order valence-corrected chi connectivity index (χ2v) is 8.30. The van der Waals surface area contributed by atoms with E-state index < -0.39 is 28.3 Å². The molecular weight excluding hydrogens is 354 g/mol. The molecule has 2 aromatic rings. The summed E-state index contributed by atoms with van der Waals surface area (Å²) >= 11 is 0. The number of carbonyl (C=O) groups excluding carboxylic acids is 2. The number of rotatable bonds is 6. The van der Waals surface area contributed by atoms with E-state index >= 15 is 0 Å². The molecule has 0 fully saturated rings. The third-order valence-corrected chi connectivity index (χ3v) is 4.56. The van der Waals surface area contributed by atoms with Crippen LogP contribution < -0.4 is 5.32 Å². The van der Waals surface area contributed by atoms with Crippen molar-refractivity contribution in [2.24, 2.45) is 0 Å². The summed E-state index contributed by atoms with van der Waals surface area (Å²) in [6.07, 6.45) is 1.14. The van der Waals surface area contributed by atoms with Gasteiger partial charge >= 0.3 is 5.97 Å². The van der Waals surface area contributed by atoms with Crippen molar-refractivity contribution < 1.29 is 22.7 Å². The van der Waals surface area contributed by atoms with E-state index in [0.717, 1.165) is 17.4 Å². The van der Waals surface area contributed by atoms with E-state index in [9.17, 15) is 18.0 Å². The Morgan fingerprint density at radius 2 is 1.58 bits per heavy atom. The summed E-state index contributed by atoms with van der Waals surface area (Å²) in [6, 6.07) is 11.7. The second kappa shape index (κ2) is 8.14. The number of aryl methyl sites for hydroxylation is 2. The number of nitrogens with one attached hydrogen (secondary N) is 1. The first-order chi connectivity index (χ1) is 12.2. The molecule has 0 aliphatic heterocycles. The maximum absolute atomic E-state index is 12.0. The molecule has 0 radical (unpaired) electrons. The fraction of sp³-hybridized carbons (Fsp3) is 0.263. The average molecular weight is 375 g/mol. The molecule has 0 aromatic heterocycles. The first-order valence-electron chi connectivity index (χ1n) is 7.95. The number of ether oxygens (including phenoxy) is 1. The maximum Gasteiger partial charge on any atom is 0.338 e. The van der Waals surface area contributed by atoms with Crippen LogP contribution in [0, 0.1) is 13.8 Å². The Kier molecular flexibility index (Phi) is 6.15. The van der Waals surface area contributed by atoms with Gasteiger partial charge in [0.1, 0.15) is 0 Å². The minimum atomic E-state index is -3.14. The number of carbonyl (C=O) groups is 2. The summed E-state index contributed by atoms with van der Waals surface area (Å²) in [6.45, 7) is 3.36. The zero-order valence-corrected chi connectivity index (χ0v) is 15.7. The Morgan fingerprint density at radius 3 is 2.12 bits per heavy atom. The van der Waals surface area contributed by atoms with Crippen molar-refractivity contribution in [3.63, 3.8) is 0 Å². The number of hydrogen-bond donors (Lipinski definition) is 1. The second-order valence-electron chi connectivity index (χ2n) is 6.16. The molecule has 0 aliphatic rings. The molecule has 138 valence electrons. The fourth-order valence-corrected chi connectivity index (χ4v) is 3.24. The van der Waals surface area contributed by atoms with Crippen molar-refractivity contribution in [2.75, 3.05) is 18.2 Å². The van der Waals surface area contributed by atoms with Crippen LogP contribution in [0.2, 0.25) is 0 Å². The van der Waals surface area contributed by atoms with Crippen LogP contribution in [0.1, 0.15) is 27.0 Å². The van der Waals surface area contributed by atoms with Gasteiger partial charge in [-0.2, -0.15) is 0 Å². The van der Waals surface area contributed by atoms with Crippen LogP contribution >= 0.6 is 0 Å². The van der Waals surface area contributed by atoms with Gasteiger partial charge in [-0.25, -0.2) is 13.2 Å². The van der Waals surface area contributed by atoms with Gasteiger partial charge in [0, 0.05) is 11.9 Å². The molecule has 2 aromatic carbocycles. The van der Waals surface area contributed by atoms with Gasteiger partial charge in [-0.05, 0) is 42.7 Å². The summed E-state index contributed by atoms with van der Waals surface area (Å²) < 4.78 is 27.5. The van der Waals surface area contributed by atoms with E-state index in [-0.39, 0.29) is 11.3 Å². The number of anilines is 1. The Morgan fingerprint density at radius 1 is 1.00 bits per heavy atom. The quantitative estimate of drug-likeness (QED) is 0.784. The Labute approximate surface area is 153 Å². The standard InChI is InChI=1S/C19H21NO5S/c1-13-5-4-6-14(2)18(13)20-17(21)11-25-19(22)16-9-7-15(8-10-16)12-26(3,23)24/h4-10H,11-12H2,1-3H3,(H,20,21). The Bertz CT molecular complexity index is 897. The average Bonchev–Trinajstić information content (AvgIpc) is 2.55. The zero-order valence-electron chi connectivity index (χ0n) is 14.9. The zero-order chi connectivity index (χ0) is 19.3. The predicted molar refractivity (Wildman–Crippen MR) is 99.8 cm³/mol. The van der Waals surface area contributed by atoms with Gasteiger partial charge in [-0.15, -0.1) is 0 Å². The summed E-state index contributed by atoms with van der Waals surface area (Å²) in [4.78, 5) is 24.0. The number of amides is 1. The number of para-hydroxylation sites is 1. The molecule has 1 amide bonds. The van der Waals surface area contributed by atoms with Gasteiger partial charge in [0.25, 0.3) is 5.91 Å². The smallest absolute Gasteiger partial charge is 0.338 e. The van der Waals surface area contributed by atoms with Crippen molar-refractivity contribution >= 4 is 27.4 Å². The minimum absolute atomic E-state index is 0.0967.